The number of rotatable bonds is 2. The van der Waals surface area contributed by atoms with E-state index >= 15 is 0 Å². The van der Waals surface area contributed by atoms with Crippen molar-refractivity contribution in [2.24, 2.45) is 0 Å². The Morgan fingerprint density at radius 1 is 1.36 bits per heavy atom. The van der Waals surface area contributed by atoms with Crippen molar-refractivity contribution < 1.29 is 50.5 Å². The van der Waals surface area contributed by atoms with E-state index in [1.165, 1.54) is 0 Å². The Morgan fingerprint density at radius 2 is 1.64 bits per heavy atom. The second-order valence-electron chi connectivity index (χ2n) is 1.29. The zero-order valence-electron chi connectivity index (χ0n) is 5.18. The summed E-state index contributed by atoms with van der Waals surface area (Å²) in [5.41, 5.74) is -5.53. The van der Waals surface area contributed by atoms with Gasteiger partial charge in [-0.2, -0.15) is 8.78 Å². The Balaban J connectivity index is 0. The van der Waals surface area contributed by atoms with Gasteiger partial charge in [-0.25, -0.2) is 4.57 Å². The van der Waals surface area contributed by atoms with Crippen molar-refractivity contribution in [3.05, 3.63) is 0 Å². The Labute approximate surface area is 70.6 Å². The first-order chi connectivity index (χ1) is 4.19. The zero-order chi connectivity index (χ0) is 8.58. The van der Waals surface area contributed by atoms with Crippen LogP contribution in [0.1, 0.15) is 0 Å². The Kier molecular flexibility index (Phi) is 4.46. The second-order valence-corrected chi connectivity index (χ2v) is 2.78. The summed E-state index contributed by atoms with van der Waals surface area (Å²) < 4.78 is 54.2. The molecular formula is C2F4LiO3P. The van der Waals surface area contributed by atoms with Crippen LogP contribution in [0.2, 0.25) is 0 Å². The number of hydrogen-bond donors (Lipinski definition) is 0. The summed E-state index contributed by atoms with van der Waals surface area (Å²) in [7, 11) is -6.92. The van der Waals surface area contributed by atoms with Gasteiger partial charge < -0.3 is 9.90 Å². The fourth-order valence-corrected chi connectivity index (χ4v) is 0.319. The summed E-state index contributed by atoms with van der Waals surface area (Å²) in [6.07, 6.45) is 0. The van der Waals surface area contributed by atoms with E-state index < -0.39 is 19.4 Å². The number of carboxylic acids is 1. The quantitative estimate of drug-likeness (QED) is 0.271. The molecule has 0 aliphatic carbocycles. The standard InChI is InChI=1S/C2HF4O3P.Li/c3-2(4,1(7)8)10(5,6)9;/h(H,7,8);/q;+1/p-1. The number of hydrogen-bond acceptors (Lipinski definition) is 3. The van der Waals surface area contributed by atoms with Gasteiger partial charge in [0.2, 0.25) is 0 Å². The van der Waals surface area contributed by atoms with E-state index in [4.69, 9.17) is 9.90 Å². The molecule has 0 fully saturated rings. The molecule has 0 N–H and O–H groups in total. The van der Waals surface area contributed by atoms with Crippen LogP contribution in [0.15, 0.2) is 0 Å². The van der Waals surface area contributed by atoms with Crippen molar-refractivity contribution in [3.8, 4) is 0 Å². The van der Waals surface area contributed by atoms with Crippen LogP contribution < -0.4 is 24.0 Å². The van der Waals surface area contributed by atoms with E-state index in [-0.39, 0.29) is 18.9 Å². The molecule has 11 heavy (non-hydrogen) atoms. The zero-order valence-corrected chi connectivity index (χ0v) is 6.08. The Hall–Kier alpha value is 0.0174. The summed E-state index contributed by atoms with van der Waals surface area (Å²) in [6, 6.07) is 0. The van der Waals surface area contributed by atoms with Crippen LogP contribution in [0.25, 0.3) is 0 Å². The molecule has 0 aliphatic rings. The van der Waals surface area contributed by atoms with Gasteiger partial charge >= 0.3 is 32.3 Å². The summed E-state index contributed by atoms with van der Waals surface area (Å²) >= 11 is 0. The summed E-state index contributed by atoms with van der Waals surface area (Å²) in [5, 5.41) is 9.15. The van der Waals surface area contributed by atoms with Crippen molar-refractivity contribution in [2.45, 2.75) is 5.66 Å². The monoisotopic (exact) mass is 186 g/mol. The van der Waals surface area contributed by atoms with Gasteiger partial charge in [-0.1, -0.05) is 0 Å². The number of alkyl halides is 2. The first-order valence-corrected chi connectivity index (χ1v) is 3.27. The van der Waals surface area contributed by atoms with Gasteiger partial charge in [0, 0.05) is 0 Å². The van der Waals surface area contributed by atoms with Crippen molar-refractivity contribution in [1.82, 2.24) is 0 Å². The molecule has 0 unspecified atom stereocenters. The molecule has 0 amide bonds. The first-order valence-electron chi connectivity index (χ1n) is 1.78. The van der Waals surface area contributed by atoms with Gasteiger partial charge in [-0.3, -0.25) is 0 Å². The van der Waals surface area contributed by atoms with E-state index in [1.807, 2.05) is 0 Å². The van der Waals surface area contributed by atoms with Gasteiger partial charge in [-0.15, -0.1) is 8.39 Å². The number of carbonyl (C=O) groups excluding carboxylic acids is 1. The minimum atomic E-state index is -6.92. The molecule has 0 aromatic rings. The van der Waals surface area contributed by atoms with E-state index in [0.29, 0.717) is 0 Å². The molecule has 0 aliphatic heterocycles. The molecule has 60 valence electrons. The molecule has 0 saturated carbocycles. The predicted octanol–water partition coefficient (Wildman–Crippen LogP) is -2.53. The van der Waals surface area contributed by atoms with E-state index in [2.05, 4.69) is 0 Å². The molecule has 0 spiro atoms. The normalized spacial score (nSPS) is 12.0. The van der Waals surface area contributed by atoms with E-state index in [1.54, 1.807) is 0 Å². The van der Waals surface area contributed by atoms with Crippen LogP contribution in [-0.2, 0) is 9.36 Å². The van der Waals surface area contributed by atoms with Crippen molar-refractivity contribution in [3.63, 3.8) is 0 Å². The maximum Gasteiger partial charge on any atom is 1.00 e. The predicted molar refractivity (Wildman–Crippen MR) is 19.8 cm³/mol. The molecule has 0 heterocycles. The Morgan fingerprint density at radius 3 is 1.64 bits per heavy atom. The number of carbonyl (C=O) groups is 1. The van der Waals surface area contributed by atoms with Crippen LogP contribution in [0.3, 0.4) is 0 Å². The average Bonchev–Trinajstić information content (AvgIpc) is 1.62. The van der Waals surface area contributed by atoms with Crippen LogP contribution in [0.5, 0.6) is 0 Å². The second kappa shape index (κ2) is 3.61. The van der Waals surface area contributed by atoms with Gasteiger partial charge in [0.1, 0.15) is 5.97 Å². The average molecular weight is 186 g/mol. The summed E-state index contributed by atoms with van der Waals surface area (Å²) in [6.45, 7) is 0. The van der Waals surface area contributed by atoms with Crippen molar-refractivity contribution >= 4 is 13.7 Å². The first kappa shape index (κ1) is 13.6. The number of carboxylic acid groups (broad SMARTS) is 1. The molecule has 0 saturated heterocycles. The van der Waals surface area contributed by atoms with Crippen LogP contribution in [0, 0.1) is 0 Å². The third-order valence-corrected chi connectivity index (χ3v) is 1.41. The number of aliphatic carboxylic acids is 1. The van der Waals surface area contributed by atoms with Gasteiger partial charge in [0.25, 0.3) is 0 Å². The van der Waals surface area contributed by atoms with Gasteiger partial charge in [-0.05, 0) is 0 Å². The maximum atomic E-state index is 11.4. The maximum absolute atomic E-state index is 11.4. The minimum absolute atomic E-state index is 0. The molecule has 9 heteroatoms. The molecule has 0 atom stereocenters. The fraction of sp³-hybridized carbons (Fsp3) is 0.500. The largest absolute Gasteiger partial charge is 1.00 e. The van der Waals surface area contributed by atoms with Gasteiger partial charge in [0.15, 0.2) is 0 Å². The number of halogens is 4. The summed E-state index contributed by atoms with van der Waals surface area (Å²) in [5.74, 6) is -3.33. The van der Waals surface area contributed by atoms with Crippen molar-refractivity contribution in [1.29, 1.82) is 0 Å². The van der Waals surface area contributed by atoms with Crippen LogP contribution >= 0.6 is 7.76 Å². The fourth-order valence-electron chi connectivity index (χ4n) is 0.106. The topological polar surface area (TPSA) is 57.2 Å². The molecule has 3 nitrogen and oxygen atoms in total. The molecule has 0 radical (unpaired) electrons. The third-order valence-electron chi connectivity index (χ3n) is 0.573. The smallest absolute Gasteiger partial charge is 0.543 e. The van der Waals surface area contributed by atoms with Crippen LogP contribution in [0.4, 0.5) is 17.2 Å². The minimum Gasteiger partial charge on any atom is -0.543 e. The Bertz CT molecular complexity index is 200. The van der Waals surface area contributed by atoms with E-state index in [0.717, 1.165) is 0 Å². The van der Waals surface area contributed by atoms with Crippen LogP contribution in [-0.4, -0.2) is 11.6 Å². The summed E-state index contributed by atoms with van der Waals surface area (Å²) in [4.78, 5) is 9.15. The molecule has 0 aromatic carbocycles. The van der Waals surface area contributed by atoms with Crippen molar-refractivity contribution in [2.75, 3.05) is 0 Å². The van der Waals surface area contributed by atoms with E-state index in [9.17, 15) is 21.7 Å². The molecule has 0 aromatic heterocycles. The third kappa shape index (κ3) is 2.86. The molecular weight excluding hydrogens is 186 g/mol. The molecule has 0 bridgehead atoms. The molecule has 0 rings (SSSR count). The van der Waals surface area contributed by atoms with Gasteiger partial charge in [0.05, 0.1) is 0 Å². The SMILES string of the molecule is O=C([O-])C(F)(F)P(=O)(F)F.[Li+].